The van der Waals surface area contributed by atoms with Gasteiger partial charge in [0.25, 0.3) is 0 Å². The maximum Gasteiger partial charge on any atom is 0.227 e. The lowest BCUT2D eigenvalue weighted by atomic mass is 10.1. The van der Waals surface area contributed by atoms with Crippen LogP contribution in [0, 0.1) is 5.92 Å². The first-order chi connectivity index (χ1) is 7.79. The second-order valence-electron chi connectivity index (χ2n) is 4.19. The van der Waals surface area contributed by atoms with Crippen LogP contribution in [-0.4, -0.2) is 11.7 Å². The van der Waals surface area contributed by atoms with E-state index in [1.54, 1.807) is 0 Å². The van der Waals surface area contributed by atoms with Gasteiger partial charge in [-0.3, -0.25) is 4.79 Å². The van der Waals surface area contributed by atoms with Crippen LogP contribution in [0.4, 0.5) is 0 Å². The average Bonchev–Trinajstić information content (AvgIpc) is 2.80. The Hall–Kier alpha value is -1.29. The van der Waals surface area contributed by atoms with Crippen molar-refractivity contribution < 1.29 is 14.3 Å². The Labute approximate surface area is 93.9 Å². The van der Waals surface area contributed by atoms with Crippen LogP contribution in [0.3, 0.4) is 0 Å². The van der Waals surface area contributed by atoms with E-state index in [-0.39, 0.29) is 23.5 Å². The summed E-state index contributed by atoms with van der Waals surface area (Å²) >= 11 is 0. The molecule has 1 heterocycles. The molecule has 4 heteroatoms. The summed E-state index contributed by atoms with van der Waals surface area (Å²) in [6, 6.07) is 1.27. The zero-order valence-electron chi connectivity index (χ0n) is 9.15. The predicted octanol–water partition coefficient (Wildman–Crippen LogP) is 1.70. The van der Waals surface area contributed by atoms with Gasteiger partial charge in [0.15, 0.2) is 0 Å². The van der Waals surface area contributed by atoms with Gasteiger partial charge in [-0.1, -0.05) is 12.8 Å². The zero-order chi connectivity index (χ0) is 11.4. The second kappa shape index (κ2) is 5.16. The van der Waals surface area contributed by atoms with Crippen molar-refractivity contribution in [2.45, 2.75) is 32.3 Å². The lowest BCUT2D eigenvalue weighted by molar-refractivity contribution is 0.225. The van der Waals surface area contributed by atoms with Gasteiger partial charge in [-0.2, -0.15) is 0 Å². The molecule has 1 aliphatic carbocycles. The monoisotopic (exact) mass is 224 g/mol. The Bertz CT molecular complexity index is 390. The molecule has 4 nitrogen and oxygen atoms in total. The van der Waals surface area contributed by atoms with Crippen molar-refractivity contribution in [1.29, 1.82) is 0 Å². The van der Waals surface area contributed by atoms with Crippen molar-refractivity contribution in [1.82, 2.24) is 0 Å². The highest BCUT2D eigenvalue weighted by Gasteiger charge is 2.16. The van der Waals surface area contributed by atoms with Gasteiger partial charge >= 0.3 is 0 Å². The molecule has 1 N–H and O–H groups in total. The van der Waals surface area contributed by atoms with E-state index in [0.717, 1.165) is 0 Å². The van der Waals surface area contributed by atoms with Gasteiger partial charge in [0.1, 0.15) is 18.6 Å². The molecule has 0 bridgehead atoms. The summed E-state index contributed by atoms with van der Waals surface area (Å²) in [5.41, 5.74) is -0.228. The maximum absolute atomic E-state index is 11.5. The summed E-state index contributed by atoms with van der Waals surface area (Å²) in [5.74, 6) is 1.07. The van der Waals surface area contributed by atoms with Crippen molar-refractivity contribution in [2.24, 2.45) is 5.92 Å². The minimum absolute atomic E-state index is 0.228. The fourth-order valence-corrected chi connectivity index (χ4v) is 2.01. The molecule has 0 saturated heterocycles. The van der Waals surface area contributed by atoms with Crippen molar-refractivity contribution in [3.63, 3.8) is 0 Å². The average molecular weight is 224 g/mol. The third kappa shape index (κ3) is 2.64. The number of hydrogen-bond acceptors (Lipinski definition) is 4. The van der Waals surface area contributed by atoms with Crippen molar-refractivity contribution in [2.75, 3.05) is 6.61 Å². The molecule has 0 unspecified atom stereocenters. The minimum atomic E-state index is -0.266. The van der Waals surface area contributed by atoms with Crippen LogP contribution in [0.5, 0.6) is 5.75 Å². The summed E-state index contributed by atoms with van der Waals surface area (Å²) in [4.78, 5) is 11.5. The molecule has 1 aliphatic rings. The largest absolute Gasteiger partial charge is 0.486 e. The molecular formula is C12H16O4. The van der Waals surface area contributed by atoms with Crippen LogP contribution < -0.4 is 10.2 Å². The van der Waals surface area contributed by atoms with E-state index in [1.807, 2.05) is 0 Å². The molecule has 0 atom stereocenters. The summed E-state index contributed by atoms with van der Waals surface area (Å²) in [6.07, 6.45) is 6.15. The molecule has 0 spiro atoms. The molecule has 0 amide bonds. The Kier molecular flexibility index (Phi) is 3.62. The molecule has 1 fully saturated rings. The number of ether oxygens (including phenoxy) is 1. The standard InChI is InChI=1S/C12H16O4/c13-6-10-5-11(14)12(8-15-10)16-7-9-3-1-2-4-9/h5,8-9,13H,1-4,6-7H2. The van der Waals surface area contributed by atoms with E-state index < -0.39 is 0 Å². The van der Waals surface area contributed by atoms with Crippen LogP contribution in [0.15, 0.2) is 21.5 Å². The normalized spacial score (nSPS) is 16.6. The summed E-state index contributed by atoms with van der Waals surface area (Å²) < 4.78 is 10.5. The molecular weight excluding hydrogens is 208 g/mol. The van der Waals surface area contributed by atoms with Crippen molar-refractivity contribution in [3.8, 4) is 5.75 Å². The van der Waals surface area contributed by atoms with Gasteiger partial charge in [0, 0.05) is 6.07 Å². The SMILES string of the molecule is O=c1cc(CO)occ1OCC1CCCC1. The summed E-state index contributed by atoms with van der Waals surface area (Å²) in [7, 11) is 0. The molecule has 16 heavy (non-hydrogen) atoms. The van der Waals surface area contributed by atoms with E-state index in [4.69, 9.17) is 14.3 Å². The van der Waals surface area contributed by atoms with Crippen LogP contribution in [-0.2, 0) is 6.61 Å². The number of aliphatic hydroxyl groups is 1. The lowest BCUT2D eigenvalue weighted by Gasteiger charge is -2.10. The molecule has 0 aromatic carbocycles. The first kappa shape index (κ1) is 11.2. The lowest BCUT2D eigenvalue weighted by Crippen LogP contribution is -2.13. The Morgan fingerprint density at radius 2 is 2.19 bits per heavy atom. The third-order valence-corrected chi connectivity index (χ3v) is 2.96. The summed E-state index contributed by atoms with van der Waals surface area (Å²) in [5, 5.41) is 8.78. The summed E-state index contributed by atoms with van der Waals surface area (Å²) in [6.45, 7) is 0.321. The first-order valence-electron chi connectivity index (χ1n) is 5.65. The highest BCUT2D eigenvalue weighted by Crippen LogP contribution is 2.25. The van der Waals surface area contributed by atoms with Crippen LogP contribution in [0.1, 0.15) is 31.4 Å². The van der Waals surface area contributed by atoms with E-state index in [1.165, 1.54) is 38.0 Å². The Morgan fingerprint density at radius 1 is 1.44 bits per heavy atom. The van der Waals surface area contributed by atoms with Crippen LogP contribution >= 0.6 is 0 Å². The molecule has 1 aromatic rings. The van der Waals surface area contributed by atoms with Gasteiger partial charge in [-0.25, -0.2) is 0 Å². The van der Waals surface area contributed by atoms with Crippen LogP contribution in [0.25, 0.3) is 0 Å². The van der Waals surface area contributed by atoms with Crippen LogP contribution in [0.2, 0.25) is 0 Å². The molecule has 1 saturated carbocycles. The van der Waals surface area contributed by atoms with Gasteiger partial charge in [-0.15, -0.1) is 0 Å². The number of aliphatic hydroxyl groups excluding tert-OH is 1. The Morgan fingerprint density at radius 3 is 2.81 bits per heavy atom. The van der Waals surface area contributed by atoms with Crippen molar-refractivity contribution >= 4 is 0 Å². The quantitative estimate of drug-likeness (QED) is 0.845. The van der Waals surface area contributed by atoms with Crippen molar-refractivity contribution in [3.05, 3.63) is 28.3 Å². The van der Waals surface area contributed by atoms with E-state index >= 15 is 0 Å². The molecule has 0 radical (unpaired) electrons. The molecule has 0 aliphatic heterocycles. The first-order valence-corrected chi connectivity index (χ1v) is 5.65. The molecule has 1 aromatic heterocycles. The topological polar surface area (TPSA) is 59.7 Å². The maximum atomic E-state index is 11.5. The molecule has 2 rings (SSSR count). The highest BCUT2D eigenvalue weighted by atomic mass is 16.5. The van der Waals surface area contributed by atoms with Gasteiger partial charge in [0.05, 0.1) is 6.61 Å². The highest BCUT2D eigenvalue weighted by molar-refractivity contribution is 5.17. The van der Waals surface area contributed by atoms with Gasteiger partial charge < -0.3 is 14.3 Å². The number of hydrogen-bond donors (Lipinski definition) is 1. The number of rotatable bonds is 4. The zero-order valence-corrected chi connectivity index (χ0v) is 9.15. The van der Waals surface area contributed by atoms with E-state index in [0.29, 0.717) is 12.5 Å². The third-order valence-electron chi connectivity index (χ3n) is 2.96. The van der Waals surface area contributed by atoms with Gasteiger partial charge in [0.2, 0.25) is 11.2 Å². The fraction of sp³-hybridized carbons (Fsp3) is 0.583. The minimum Gasteiger partial charge on any atom is -0.486 e. The fourth-order valence-electron chi connectivity index (χ4n) is 2.01. The van der Waals surface area contributed by atoms with E-state index in [2.05, 4.69) is 0 Å². The smallest absolute Gasteiger partial charge is 0.227 e. The molecule has 88 valence electrons. The second-order valence-corrected chi connectivity index (χ2v) is 4.19. The van der Waals surface area contributed by atoms with E-state index in [9.17, 15) is 4.79 Å². The Balaban J connectivity index is 1.96. The van der Waals surface area contributed by atoms with Gasteiger partial charge in [-0.05, 0) is 18.8 Å². The predicted molar refractivity (Wildman–Crippen MR) is 58.4 cm³/mol.